The van der Waals surface area contributed by atoms with Crippen LogP contribution >= 0.6 is 0 Å². The Balaban J connectivity index is -0.000000211. The fourth-order valence-corrected chi connectivity index (χ4v) is 2.75. The van der Waals surface area contributed by atoms with Crippen molar-refractivity contribution in [2.45, 2.75) is 45.3 Å². The quantitative estimate of drug-likeness (QED) is 0.472. The van der Waals surface area contributed by atoms with Crippen LogP contribution in [0.3, 0.4) is 0 Å². The van der Waals surface area contributed by atoms with Crippen LogP contribution < -0.4 is 0 Å². The maximum atomic E-state index is 5.75. The molecule has 0 aromatic carbocycles. The molecule has 0 amide bonds. The van der Waals surface area contributed by atoms with Crippen LogP contribution in [0.25, 0.3) is 0 Å². The van der Waals surface area contributed by atoms with Gasteiger partial charge in [-0.25, -0.2) is 11.6 Å². The Labute approximate surface area is 126 Å². The number of hydrogen-bond acceptors (Lipinski definition) is 1. The van der Waals surface area contributed by atoms with Gasteiger partial charge in [0.1, 0.15) is 0 Å². The molecule has 0 bridgehead atoms. The maximum Gasteiger partial charge on any atom is 4.00 e. The Morgan fingerprint density at radius 1 is 1.35 bits per heavy atom. The zero-order chi connectivity index (χ0) is 9.68. The first-order valence-electron chi connectivity index (χ1n) is 5.13. The van der Waals surface area contributed by atoms with Gasteiger partial charge in [0.05, 0.1) is 0 Å². The van der Waals surface area contributed by atoms with Gasteiger partial charge in [0, 0.05) is 6.10 Å². The summed E-state index contributed by atoms with van der Waals surface area (Å²) in [7, 11) is -0.402. The van der Waals surface area contributed by atoms with Crippen LogP contribution in [-0.2, 0) is 25.5 Å². The SMILES string of the molecule is CCC([SiH2]OC(C)C)C1=[C-]CC=C1.[CH3-].[CH3-].[CH3-].[Pt+4]. The van der Waals surface area contributed by atoms with Gasteiger partial charge < -0.3 is 26.7 Å². The molecule has 1 aliphatic carbocycles. The predicted octanol–water partition coefficient (Wildman–Crippen LogP) is 3.73. The third kappa shape index (κ3) is 9.99. The first-order valence-corrected chi connectivity index (χ1v) is 6.52. The predicted molar refractivity (Wildman–Crippen MR) is 78.6 cm³/mol. The fourth-order valence-electron chi connectivity index (χ4n) is 1.44. The Bertz CT molecular complexity index is 212. The molecule has 0 saturated heterocycles. The van der Waals surface area contributed by atoms with Crippen LogP contribution in [0.2, 0.25) is 5.54 Å². The van der Waals surface area contributed by atoms with Gasteiger partial charge >= 0.3 is 21.1 Å². The molecule has 0 heterocycles. The minimum absolute atomic E-state index is 0. The van der Waals surface area contributed by atoms with Crippen LogP contribution in [0.5, 0.6) is 0 Å². The standard InChI is InChI=1S/C11H19OSi.3CH3.Pt/c1-4-11(13-12-9(2)3)10-7-5-6-8-10;;;;/h5,7,9,11H,4,6,13H2,1-3H3;3*1H3;/q4*-1;+4. The van der Waals surface area contributed by atoms with Crippen molar-refractivity contribution >= 4 is 9.76 Å². The maximum absolute atomic E-state index is 5.75. The van der Waals surface area contributed by atoms with E-state index in [2.05, 4.69) is 39.0 Å². The van der Waals surface area contributed by atoms with Gasteiger partial charge in [-0.2, -0.15) is 6.08 Å². The zero-order valence-electron chi connectivity index (χ0n) is 12.2. The van der Waals surface area contributed by atoms with Crippen molar-refractivity contribution < 1.29 is 25.5 Å². The Morgan fingerprint density at radius 3 is 2.29 bits per heavy atom. The monoisotopic (exact) mass is 435 g/mol. The molecule has 0 radical (unpaired) electrons. The summed E-state index contributed by atoms with van der Waals surface area (Å²) in [5, 5.41) is 0. The van der Waals surface area contributed by atoms with E-state index in [1.165, 1.54) is 12.0 Å². The van der Waals surface area contributed by atoms with E-state index in [1.807, 2.05) is 0 Å². The van der Waals surface area contributed by atoms with Crippen molar-refractivity contribution in [3.63, 3.8) is 0 Å². The second kappa shape index (κ2) is 14.4. The molecule has 3 heteroatoms. The van der Waals surface area contributed by atoms with Gasteiger partial charge in [-0.05, 0) is 19.4 Å². The molecule has 0 N–H and O–H groups in total. The molecular weight excluding hydrogens is 407 g/mol. The van der Waals surface area contributed by atoms with Crippen molar-refractivity contribution in [1.82, 2.24) is 0 Å². The molecule has 1 rings (SSSR count). The van der Waals surface area contributed by atoms with Crippen LogP contribution in [-0.4, -0.2) is 15.9 Å². The second-order valence-electron chi connectivity index (χ2n) is 3.73. The van der Waals surface area contributed by atoms with Crippen molar-refractivity contribution in [3.05, 3.63) is 46.1 Å². The topological polar surface area (TPSA) is 9.23 Å². The summed E-state index contributed by atoms with van der Waals surface area (Å²) in [5.74, 6) is 0. The number of hydrogen-bond donors (Lipinski definition) is 0. The zero-order valence-corrected chi connectivity index (χ0v) is 15.8. The molecule has 17 heavy (non-hydrogen) atoms. The Kier molecular flexibility index (Phi) is 22.1. The van der Waals surface area contributed by atoms with E-state index in [-0.39, 0.29) is 43.3 Å². The Morgan fingerprint density at radius 2 is 1.94 bits per heavy atom. The minimum Gasteiger partial charge on any atom is -0.421 e. The molecule has 1 atom stereocenters. The molecule has 0 aromatic rings. The van der Waals surface area contributed by atoms with Crippen LogP contribution in [0, 0.1) is 28.4 Å². The summed E-state index contributed by atoms with van der Waals surface area (Å²) < 4.78 is 5.75. The molecule has 1 aliphatic rings. The van der Waals surface area contributed by atoms with Gasteiger partial charge in [0.25, 0.3) is 0 Å². The van der Waals surface area contributed by atoms with Crippen LogP contribution in [0.4, 0.5) is 0 Å². The van der Waals surface area contributed by atoms with Gasteiger partial charge in [-0.3, -0.25) is 6.08 Å². The molecule has 1 nitrogen and oxygen atoms in total. The van der Waals surface area contributed by atoms with E-state index in [9.17, 15) is 0 Å². The van der Waals surface area contributed by atoms with E-state index in [1.54, 1.807) is 0 Å². The summed E-state index contributed by atoms with van der Waals surface area (Å²) in [6.07, 6.45) is 10.4. The van der Waals surface area contributed by atoms with E-state index >= 15 is 0 Å². The molecule has 0 spiro atoms. The minimum atomic E-state index is -0.402. The van der Waals surface area contributed by atoms with Gasteiger partial charge in [-0.1, -0.05) is 13.3 Å². The van der Waals surface area contributed by atoms with Crippen molar-refractivity contribution in [2.24, 2.45) is 0 Å². The van der Waals surface area contributed by atoms with Crippen molar-refractivity contribution in [1.29, 1.82) is 0 Å². The largest absolute Gasteiger partial charge is 4.00 e. The average Bonchev–Trinajstić information content (AvgIpc) is 2.58. The summed E-state index contributed by atoms with van der Waals surface area (Å²) in [4.78, 5) is 0. The second-order valence-corrected chi connectivity index (χ2v) is 5.38. The summed E-state index contributed by atoms with van der Waals surface area (Å²) in [6, 6.07) is 0. The third-order valence-electron chi connectivity index (χ3n) is 2.28. The first-order chi connectivity index (χ1) is 6.24. The molecule has 0 aliphatic heterocycles. The number of allylic oxidation sites excluding steroid dienone is 4. The molecule has 1 unspecified atom stereocenters. The van der Waals surface area contributed by atoms with E-state index in [0.29, 0.717) is 11.6 Å². The Hall–Kier alpha value is 0.345. The molecule has 0 aromatic heterocycles. The smallest absolute Gasteiger partial charge is 0.421 e. The molecule has 0 saturated carbocycles. The van der Waals surface area contributed by atoms with Crippen molar-refractivity contribution in [3.8, 4) is 0 Å². The van der Waals surface area contributed by atoms with Gasteiger partial charge in [0.2, 0.25) is 0 Å². The molecular formula is C14H28OPtSi. The number of rotatable bonds is 5. The van der Waals surface area contributed by atoms with E-state index in [0.717, 1.165) is 6.42 Å². The van der Waals surface area contributed by atoms with Gasteiger partial charge in [0.15, 0.2) is 9.76 Å². The normalized spacial score (nSPS) is 14.5. The van der Waals surface area contributed by atoms with Gasteiger partial charge in [-0.15, -0.1) is 6.42 Å². The summed E-state index contributed by atoms with van der Waals surface area (Å²) in [6.45, 7) is 6.47. The van der Waals surface area contributed by atoms with E-state index < -0.39 is 9.76 Å². The summed E-state index contributed by atoms with van der Waals surface area (Å²) >= 11 is 0. The summed E-state index contributed by atoms with van der Waals surface area (Å²) in [5.41, 5.74) is 2.08. The van der Waals surface area contributed by atoms with Crippen LogP contribution in [0.15, 0.2) is 17.7 Å². The third-order valence-corrected chi connectivity index (χ3v) is 4.56. The fraction of sp³-hybridized carbons (Fsp3) is 0.500. The first kappa shape index (κ1) is 26.0. The van der Waals surface area contributed by atoms with Crippen molar-refractivity contribution in [2.75, 3.05) is 0 Å². The molecule has 104 valence electrons. The van der Waals surface area contributed by atoms with Crippen LogP contribution in [0.1, 0.15) is 33.6 Å². The van der Waals surface area contributed by atoms with E-state index in [4.69, 9.17) is 4.43 Å². The average molecular weight is 436 g/mol. The molecule has 0 fully saturated rings.